The van der Waals surface area contributed by atoms with E-state index >= 15 is 0 Å². The Kier molecular flexibility index (Phi) is 3.87. The average Bonchev–Trinajstić information content (AvgIpc) is 2.84. The van der Waals surface area contributed by atoms with Crippen molar-refractivity contribution in [3.05, 3.63) is 42.1 Å². The molecule has 0 radical (unpaired) electrons. The normalized spacial score (nSPS) is 13.3. The van der Waals surface area contributed by atoms with Crippen LogP contribution in [-0.2, 0) is 10.0 Å². The lowest BCUT2D eigenvalue weighted by atomic mass is 10.0. The van der Waals surface area contributed by atoms with Gasteiger partial charge in [-0.1, -0.05) is 37.3 Å². The van der Waals surface area contributed by atoms with Crippen LogP contribution in [0, 0.1) is 0 Å². The van der Waals surface area contributed by atoms with Crippen LogP contribution in [0.3, 0.4) is 0 Å². The molecule has 4 N–H and O–H groups in total. The SMILES string of the molecule is CC(CNS(=O)(=O)c1cn[nH]c1N)c1ccccc1. The lowest BCUT2D eigenvalue weighted by Crippen LogP contribution is -2.28. The summed E-state index contributed by atoms with van der Waals surface area (Å²) in [5.74, 6) is 0.115. The van der Waals surface area contributed by atoms with Gasteiger partial charge in [-0.25, -0.2) is 13.1 Å². The third-order valence-electron chi connectivity index (χ3n) is 2.87. The second-order valence-corrected chi connectivity index (χ2v) is 6.05. The number of H-pyrrole nitrogens is 1. The van der Waals surface area contributed by atoms with E-state index in [0.29, 0.717) is 6.54 Å². The van der Waals surface area contributed by atoms with Gasteiger partial charge in [0.05, 0.1) is 6.20 Å². The molecule has 0 saturated carbocycles. The zero-order valence-corrected chi connectivity index (χ0v) is 11.3. The van der Waals surface area contributed by atoms with E-state index in [-0.39, 0.29) is 16.6 Å². The fourth-order valence-electron chi connectivity index (χ4n) is 1.71. The largest absolute Gasteiger partial charge is 0.383 e. The first-order valence-corrected chi connectivity index (χ1v) is 7.32. The first-order chi connectivity index (χ1) is 9.00. The van der Waals surface area contributed by atoms with Crippen LogP contribution in [0.1, 0.15) is 18.4 Å². The summed E-state index contributed by atoms with van der Waals surface area (Å²) in [5.41, 5.74) is 6.58. The highest BCUT2D eigenvalue weighted by molar-refractivity contribution is 7.89. The van der Waals surface area contributed by atoms with Gasteiger partial charge in [-0.15, -0.1) is 0 Å². The van der Waals surface area contributed by atoms with Crippen molar-refractivity contribution in [3.8, 4) is 0 Å². The van der Waals surface area contributed by atoms with Gasteiger partial charge < -0.3 is 5.73 Å². The van der Waals surface area contributed by atoms with Crippen LogP contribution in [0.2, 0.25) is 0 Å². The molecule has 0 amide bonds. The minimum Gasteiger partial charge on any atom is -0.383 e. The minimum absolute atomic E-state index is 0.0206. The Labute approximate surface area is 112 Å². The van der Waals surface area contributed by atoms with Gasteiger partial charge in [0.15, 0.2) is 0 Å². The van der Waals surface area contributed by atoms with E-state index in [4.69, 9.17) is 5.73 Å². The molecule has 0 aliphatic carbocycles. The molecule has 0 saturated heterocycles. The second kappa shape index (κ2) is 5.41. The van der Waals surface area contributed by atoms with E-state index in [0.717, 1.165) is 5.56 Å². The van der Waals surface area contributed by atoms with E-state index in [1.807, 2.05) is 37.3 Å². The summed E-state index contributed by atoms with van der Waals surface area (Å²) < 4.78 is 26.5. The van der Waals surface area contributed by atoms with Gasteiger partial charge in [0.1, 0.15) is 10.7 Å². The number of nitrogens with one attached hydrogen (secondary N) is 2. The molecule has 2 aromatic rings. The molecule has 0 fully saturated rings. The summed E-state index contributed by atoms with van der Waals surface area (Å²) in [4.78, 5) is -0.0206. The molecule has 0 aliphatic heterocycles. The molecule has 1 heterocycles. The van der Waals surface area contributed by atoms with Crippen molar-refractivity contribution in [2.24, 2.45) is 0 Å². The number of nitrogens with two attached hydrogens (primary N) is 1. The minimum atomic E-state index is -3.62. The van der Waals surface area contributed by atoms with E-state index in [1.54, 1.807) is 0 Å². The molecule has 6 nitrogen and oxygen atoms in total. The van der Waals surface area contributed by atoms with Gasteiger partial charge >= 0.3 is 0 Å². The van der Waals surface area contributed by atoms with Crippen molar-refractivity contribution in [2.45, 2.75) is 17.7 Å². The zero-order chi connectivity index (χ0) is 13.9. The molecule has 19 heavy (non-hydrogen) atoms. The number of rotatable bonds is 5. The maximum Gasteiger partial charge on any atom is 0.245 e. The van der Waals surface area contributed by atoms with Crippen LogP contribution >= 0.6 is 0 Å². The lowest BCUT2D eigenvalue weighted by molar-refractivity contribution is 0.575. The fourth-order valence-corrected chi connectivity index (χ4v) is 2.86. The van der Waals surface area contributed by atoms with Crippen LogP contribution in [-0.4, -0.2) is 25.2 Å². The predicted octanol–water partition coefficient (Wildman–Crippen LogP) is 1.07. The molecule has 1 unspecified atom stereocenters. The van der Waals surface area contributed by atoms with Crippen LogP contribution in [0.5, 0.6) is 0 Å². The Balaban J connectivity index is 2.05. The summed E-state index contributed by atoms with van der Waals surface area (Å²) in [6, 6.07) is 9.70. The summed E-state index contributed by atoms with van der Waals surface area (Å²) in [6.07, 6.45) is 1.20. The fraction of sp³-hybridized carbons (Fsp3) is 0.250. The molecule has 1 atom stereocenters. The topological polar surface area (TPSA) is 101 Å². The number of nitrogen functional groups attached to an aromatic ring is 1. The van der Waals surface area contributed by atoms with Crippen LogP contribution in [0.15, 0.2) is 41.4 Å². The molecule has 2 rings (SSSR count). The summed E-state index contributed by atoms with van der Waals surface area (Å²) in [6.45, 7) is 2.26. The van der Waals surface area contributed by atoms with Crippen molar-refractivity contribution >= 4 is 15.8 Å². The molecular formula is C12H16N4O2S. The quantitative estimate of drug-likeness (QED) is 0.762. The highest BCUT2D eigenvalue weighted by Gasteiger charge is 2.20. The number of aromatic nitrogens is 2. The molecule has 102 valence electrons. The highest BCUT2D eigenvalue weighted by atomic mass is 32.2. The number of anilines is 1. The van der Waals surface area contributed by atoms with Gasteiger partial charge in [0.2, 0.25) is 10.0 Å². The van der Waals surface area contributed by atoms with Crippen molar-refractivity contribution in [3.63, 3.8) is 0 Å². The van der Waals surface area contributed by atoms with Crippen molar-refractivity contribution in [2.75, 3.05) is 12.3 Å². The summed E-state index contributed by atoms with van der Waals surface area (Å²) in [7, 11) is -3.62. The Bertz CT molecular complexity index is 637. The molecule has 0 bridgehead atoms. The molecular weight excluding hydrogens is 264 g/mol. The second-order valence-electron chi connectivity index (χ2n) is 4.31. The number of aromatic amines is 1. The number of sulfonamides is 1. The average molecular weight is 280 g/mol. The van der Waals surface area contributed by atoms with Gasteiger partial charge in [-0.3, -0.25) is 5.10 Å². The molecule has 1 aromatic carbocycles. The number of benzene rings is 1. The van der Waals surface area contributed by atoms with Crippen molar-refractivity contribution in [1.29, 1.82) is 0 Å². The van der Waals surface area contributed by atoms with Crippen LogP contribution in [0.4, 0.5) is 5.82 Å². The van der Waals surface area contributed by atoms with Crippen LogP contribution in [0.25, 0.3) is 0 Å². The van der Waals surface area contributed by atoms with E-state index < -0.39 is 10.0 Å². The maximum atomic E-state index is 12.0. The highest BCUT2D eigenvalue weighted by Crippen LogP contribution is 2.17. The Morgan fingerprint density at radius 2 is 2.05 bits per heavy atom. The maximum absolute atomic E-state index is 12.0. The first kappa shape index (κ1) is 13.6. The zero-order valence-electron chi connectivity index (χ0n) is 10.5. The predicted molar refractivity (Wildman–Crippen MR) is 73.0 cm³/mol. The summed E-state index contributed by atoms with van der Waals surface area (Å²) in [5, 5.41) is 6.01. The number of hydrogen-bond acceptors (Lipinski definition) is 4. The Morgan fingerprint density at radius 3 is 2.63 bits per heavy atom. The monoisotopic (exact) mass is 280 g/mol. The van der Waals surface area contributed by atoms with Crippen molar-refractivity contribution < 1.29 is 8.42 Å². The number of hydrogen-bond donors (Lipinski definition) is 3. The van der Waals surface area contributed by atoms with Crippen LogP contribution < -0.4 is 10.5 Å². The molecule has 0 spiro atoms. The van der Waals surface area contributed by atoms with Gasteiger partial charge in [-0.2, -0.15) is 5.10 Å². The standard InChI is InChI=1S/C12H16N4O2S/c1-9(10-5-3-2-4-6-10)7-15-19(17,18)11-8-14-16-12(11)13/h2-6,8-9,15H,7H2,1H3,(H3,13,14,16). The summed E-state index contributed by atoms with van der Waals surface area (Å²) >= 11 is 0. The van der Waals surface area contributed by atoms with Gasteiger partial charge in [0, 0.05) is 6.54 Å². The first-order valence-electron chi connectivity index (χ1n) is 5.84. The Hall–Kier alpha value is -1.86. The van der Waals surface area contributed by atoms with E-state index in [1.165, 1.54) is 6.20 Å². The lowest BCUT2D eigenvalue weighted by Gasteiger charge is -2.12. The van der Waals surface area contributed by atoms with E-state index in [2.05, 4.69) is 14.9 Å². The Morgan fingerprint density at radius 1 is 1.37 bits per heavy atom. The molecule has 0 aliphatic rings. The van der Waals surface area contributed by atoms with Gasteiger partial charge in [-0.05, 0) is 11.5 Å². The molecule has 1 aromatic heterocycles. The third-order valence-corrected chi connectivity index (χ3v) is 4.32. The third kappa shape index (κ3) is 3.12. The molecule has 7 heteroatoms. The van der Waals surface area contributed by atoms with Crippen molar-refractivity contribution in [1.82, 2.24) is 14.9 Å². The van der Waals surface area contributed by atoms with E-state index in [9.17, 15) is 8.42 Å². The number of nitrogens with zero attached hydrogens (tertiary/aromatic N) is 1. The van der Waals surface area contributed by atoms with Gasteiger partial charge in [0.25, 0.3) is 0 Å². The smallest absolute Gasteiger partial charge is 0.245 e.